The van der Waals surface area contributed by atoms with Gasteiger partial charge in [0.2, 0.25) is 0 Å². The normalized spacial score (nSPS) is 11.6. The predicted octanol–water partition coefficient (Wildman–Crippen LogP) is 9.43. The molecule has 2 aromatic carbocycles. The summed E-state index contributed by atoms with van der Waals surface area (Å²) in [5.74, 6) is 0. The Morgan fingerprint density at radius 1 is 0.684 bits per heavy atom. The van der Waals surface area contributed by atoms with E-state index in [1.54, 1.807) is 12.3 Å². The summed E-state index contributed by atoms with van der Waals surface area (Å²) in [6.45, 7) is 4.41. The Balaban J connectivity index is 1.62. The van der Waals surface area contributed by atoms with E-state index in [1.165, 1.54) is 49.7 Å². The Hall–Kier alpha value is -3.61. The van der Waals surface area contributed by atoms with Crippen molar-refractivity contribution in [3.05, 3.63) is 89.7 Å². The zero-order valence-electron chi connectivity index (χ0n) is 22.1. The minimum Gasteiger partial charge on any atom is -0.309 e. The summed E-state index contributed by atoms with van der Waals surface area (Å²) in [6.07, 6.45) is 6.49. The van der Waals surface area contributed by atoms with Crippen molar-refractivity contribution in [1.29, 1.82) is 0 Å². The van der Waals surface area contributed by atoms with E-state index in [-0.39, 0.29) is 5.69 Å². The first kappa shape index (κ1) is 27.4. The fraction of sp³-hybridized carbons (Fsp3) is 0.355. The number of aromatic amines is 1. The van der Waals surface area contributed by atoms with E-state index in [4.69, 9.17) is 0 Å². The zero-order chi connectivity index (χ0) is 27.0. The smallest absolute Gasteiger partial charge is 0.309 e. The number of hydrogen-bond acceptors (Lipinski definition) is 3. The molecular formula is C31H35F3N4. The van der Waals surface area contributed by atoms with Crippen LogP contribution in [0.15, 0.2) is 72.9 Å². The van der Waals surface area contributed by atoms with Crippen molar-refractivity contribution in [3.8, 4) is 11.4 Å². The molecule has 4 aromatic rings. The van der Waals surface area contributed by atoms with Gasteiger partial charge in [0.05, 0.1) is 17.6 Å². The Morgan fingerprint density at radius 2 is 1.21 bits per heavy atom. The largest absolute Gasteiger partial charge is 0.432 e. The van der Waals surface area contributed by atoms with Crippen LogP contribution in [0.4, 0.5) is 30.2 Å². The van der Waals surface area contributed by atoms with Crippen molar-refractivity contribution in [3.63, 3.8) is 0 Å². The van der Waals surface area contributed by atoms with Crippen LogP contribution in [0.5, 0.6) is 0 Å². The van der Waals surface area contributed by atoms with Crippen LogP contribution >= 0.6 is 0 Å². The number of pyridine rings is 1. The van der Waals surface area contributed by atoms with Crippen LogP contribution in [0.3, 0.4) is 0 Å². The SMILES string of the molecule is CCCCCc1ccc(N(c2ccc(CCCCC)cc2)c2ccc(-c3cc(C(F)(F)F)[nH]n3)nc2)cc1. The molecule has 38 heavy (non-hydrogen) atoms. The second-order valence-corrected chi connectivity index (χ2v) is 9.65. The van der Waals surface area contributed by atoms with E-state index in [1.807, 2.05) is 6.07 Å². The molecule has 0 aliphatic rings. The third-order valence-corrected chi connectivity index (χ3v) is 6.68. The molecule has 2 aromatic heterocycles. The van der Waals surface area contributed by atoms with E-state index < -0.39 is 11.9 Å². The number of aryl methyl sites for hydroxylation is 2. The maximum absolute atomic E-state index is 13.0. The lowest BCUT2D eigenvalue weighted by molar-refractivity contribution is -0.141. The number of anilines is 3. The molecule has 1 N–H and O–H groups in total. The molecule has 7 heteroatoms. The van der Waals surface area contributed by atoms with Crippen LogP contribution in [0, 0.1) is 0 Å². The van der Waals surface area contributed by atoms with Gasteiger partial charge in [-0.1, -0.05) is 63.8 Å². The van der Waals surface area contributed by atoms with Gasteiger partial charge in [-0.2, -0.15) is 18.3 Å². The second kappa shape index (κ2) is 12.8. The maximum Gasteiger partial charge on any atom is 0.432 e. The number of nitrogens with one attached hydrogen (secondary N) is 1. The number of hydrogen-bond donors (Lipinski definition) is 1. The average Bonchev–Trinajstić information content (AvgIpc) is 3.43. The fourth-order valence-corrected chi connectivity index (χ4v) is 4.50. The highest BCUT2D eigenvalue weighted by molar-refractivity contribution is 5.77. The van der Waals surface area contributed by atoms with E-state index in [2.05, 4.69) is 82.5 Å². The van der Waals surface area contributed by atoms with Crippen LogP contribution in [0.1, 0.15) is 69.2 Å². The number of unbranched alkanes of at least 4 members (excludes halogenated alkanes) is 4. The molecule has 0 unspecified atom stereocenters. The van der Waals surface area contributed by atoms with Gasteiger partial charge in [-0.15, -0.1) is 0 Å². The van der Waals surface area contributed by atoms with Gasteiger partial charge in [0.15, 0.2) is 0 Å². The topological polar surface area (TPSA) is 44.8 Å². The molecule has 0 amide bonds. The molecule has 0 aliphatic carbocycles. The van der Waals surface area contributed by atoms with Crippen molar-refractivity contribution in [2.24, 2.45) is 0 Å². The number of benzene rings is 2. The number of rotatable bonds is 12. The van der Waals surface area contributed by atoms with Gasteiger partial charge < -0.3 is 4.90 Å². The maximum atomic E-state index is 13.0. The van der Waals surface area contributed by atoms with Crippen LogP contribution in [0.25, 0.3) is 11.4 Å². The Bertz CT molecular complexity index is 1210. The number of halogens is 3. The summed E-state index contributed by atoms with van der Waals surface area (Å²) in [7, 11) is 0. The summed E-state index contributed by atoms with van der Waals surface area (Å²) in [5.41, 5.74) is 5.06. The molecule has 0 saturated carbocycles. The lowest BCUT2D eigenvalue weighted by atomic mass is 10.0. The molecular weight excluding hydrogens is 485 g/mol. The third kappa shape index (κ3) is 7.03. The summed E-state index contributed by atoms with van der Waals surface area (Å²) in [6, 6.07) is 21.7. The number of H-pyrrole nitrogens is 1. The Morgan fingerprint density at radius 3 is 1.63 bits per heavy atom. The van der Waals surface area contributed by atoms with Crippen LogP contribution < -0.4 is 4.90 Å². The van der Waals surface area contributed by atoms with Crippen molar-refractivity contribution < 1.29 is 13.2 Å². The first-order chi connectivity index (χ1) is 18.4. The summed E-state index contributed by atoms with van der Waals surface area (Å²) < 4.78 is 39.0. The van der Waals surface area contributed by atoms with Crippen molar-refractivity contribution in [2.45, 2.75) is 71.4 Å². The molecule has 0 radical (unpaired) electrons. The minimum atomic E-state index is -4.48. The zero-order valence-corrected chi connectivity index (χ0v) is 22.1. The molecule has 4 nitrogen and oxygen atoms in total. The van der Waals surface area contributed by atoms with E-state index in [9.17, 15) is 13.2 Å². The van der Waals surface area contributed by atoms with E-state index in [0.717, 1.165) is 36.0 Å². The van der Waals surface area contributed by atoms with Gasteiger partial charge in [0, 0.05) is 11.4 Å². The Labute approximate surface area is 222 Å². The van der Waals surface area contributed by atoms with Crippen molar-refractivity contribution in [1.82, 2.24) is 15.2 Å². The van der Waals surface area contributed by atoms with Gasteiger partial charge in [0.25, 0.3) is 0 Å². The van der Waals surface area contributed by atoms with E-state index >= 15 is 0 Å². The highest BCUT2D eigenvalue weighted by atomic mass is 19.4. The predicted molar refractivity (Wildman–Crippen MR) is 148 cm³/mol. The van der Waals surface area contributed by atoms with Gasteiger partial charge in [-0.05, 0) is 79.3 Å². The lowest BCUT2D eigenvalue weighted by Gasteiger charge is -2.25. The van der Waals surface area contributed by atoms with Gasteiger partial charge in [-0.3, -0.25) is 10.1 Å². The monoisotopic (exact) mass is 520 g/mol. The fourth-order valence-electron chi connectivity index (χ4n) is 4.50. The van der Waals surface area contributed by atoms with E-state index in [0.29, 0.717) is 5.69 Å². The molecule has 0 aliphatic heterocycles. The standard InChI is InChI=1S/C31H35F3N4/c1-3-5-7-9-23-11-15-25(16-12-23)38(26-17-13-24(14-18-26)10-8-6-4-2)27-19-20-28(35-22-27)29-21-30(37-36-29)31(32,33)34/h11-22H,3-10H2,1-2H3,(H,36,37). The quantitative estimate of drug-likeness (QED) is 0.189. The van der Waals surface area contributed by atoms with Crippen molar-refractivity contribution >= 4 is 17.1 Å². The third-order valence-electron chi connectivity index (χ3n) is 6.68. The highest BCUT2D eigenvalue weighted by Gasteiger charge is 2.33. The number of aromatic nitrogens is 3. The average molecular weight is 521 g/mol. The first-order valence-corrected chi connectivity index (χ1v) is 13.5. The number of alkyl halides is 3. The van der Waals surface area contributed by atoms with Gasteiger partial charge in [0.1, 0.15) is 11.4 Å². The highest BCUT2D eigenvalue weighted by Crippen LogP contribution is 2.36. The molecule has 0 atom stereocenters. The molecule has 0 fully saturated rings. The molecule has 200 valence electrons. The Kier molecular flexibility index (Phi) is 9.21. The summed E-state index contributed by atoms with van der Waals surface area (Å²) in [4.78, 5) is 6.58. The second-order valence-electron chi connectivity index (χ2n) is 9.65. The summed E-state index contributed by atoms with van der Waals surface area (Å²) in [5, 5.41) is 5.86. The lowest BCUT2D eigenvalue weighted by Crippen LogP contribution is -2.10. The van der Waals surface area contributed by atoms with Crippen molar-refractivity contribution in [2.75, 3.05) is 4.90 Å². The summed E-state index contributed by atoms with van der Waals surface area (Å²) >= 11 is 0. The van der Waals surface area contributed by atoms with Crippen LogP contribution in [-0.4, -0.2) is 15.2 Å². The van der Waals surface area contributed by atoms with Gasteiger partial charge >= 0.3 is 6.18 Å². The number of nitrogens with zero attached hydrogens (tertiary/aromatic N) is 3. The first-order valence-electron chi connectivity index (χ1n) is 13.5. The molecule has 0 bridgehead atoms. The molecule has 4 rings (SSSR count). The molecule has 0 saturated heterocycles. The van der Waals surface area contributed by atoms with Gasteiger partial charge in [-0.25, -0.2) is 0 Å². The molecule has 0 spiro atoms. The van der Waals surface area contributed by atoms with Crippen LogP contribution in [-0.2, 0) is 19.0 Å². The minimum absolute atomic E-state index is 0.156. The molecule has 2 heterocycles. The van der Waals surface area contributed by atoms with Crippen LogP contribution in [0.2, 0.25) is 0 Å².